The fourth-order valence-corrected chi connectivity index (χ4v) is 2.28. The molecule has 21 heavy (non-hydrogen) atoms. The van der Waals surface area contributed by atoms with E-state index >= 15 is 0 Å². The van der Waals surface area contributed by atoms with Crippen LogP contribution in [-0.2, 0) is 16.0 Å². The molecule has 5 heteroatoms. The molecule has 0 aliphatic carbocycles. The Balaban J connectivity index is 2.26. The smallest absolute Gasteiger partial charge is 0.323 e. The van der Waals surface area contributed by atoms with Gasteiger partial charge < -0.3 is 10.0 Å². The molecule has 2 rings (SSSR count). The van der Waals surface area contributed by atoms with Crippen LogP contribution < -0.4 is 0 Å². The van der Waals surface area contributed by atoms with E-state index in [1.807, 2.05) is 44.2 Å². The van der Waals surface area contributed by atoms with Crippen LogP contribution in [0.5, 0.6) is 0 Å². The highest BCUT2D eigenvalue weighted by atomic mass is 16.4. The summed E-state index contributed by atoms with van der Waals surface area (Å²) in [5.74, 6) is -1.21. The largest absolute Gasteiger partial charge is 0.480 e. The van der Waals surface area contributed by atoms with Gasteiger partial charge in [0.15, 0.2) is 0 Å². The van der Waals surface area contributed by atoms with Crippen molar-refractivity contribution >= 4 is 22.8 Å². The average Bonchev–Trinajstić information content (AvgIpc) is 2.44. The predicted octanol–water partition coefficient (Wildman–Crippen LogP) is 2.10. The first-order valence-electron chi connectivity index (χ1n) is 6.83. The zero-order valence-electron chi connectivity index (χ0n) is 12.1. The van der Waals surface area contributed by atoms with E-state index in [2.05, 4.69) is 4.98 Å². The molecule has 1 amide bonds. The van der Waals surface area contributed by atoms with Gasteiger partial charge in [-0.3, -0.25) is 14.6 Å². The first-order valence-corrected chi connectivity index (χ1v) is 6.83. The summed E-state index contributed by atoms with van der Waals surface area (Å²) in [6, 6.07) is 9.30. The molecule has 0 fully saturated rings. The van der Waals surface area contributed by atoms with Gasteiger partial charge in [0.2, 0.25) is 5.91 Å². The summed E-state index contributed by atoms with van der Waals surface area (Å²) >= 11 is 0. The number of rotatable bonds is 5. The summed E-state index contributed by atoms with van der Waals surface area (Å²) in [5.41, 5.74) is 1.60. The molecule has 110 valence electrons. The molecule has 0 saturated heterocycles. The second-order valence-corrected chi connectivity index (χ2v) is 5.18. The van der Waals surface area contributed by atoms with Gasteiger partial charge in [0.25, 0.3) is 0 Å². The van der Waals surface area contributed by atoms with Crippen molar-refractivity contribution in [3.05, 3.63) is 42.1 Å². The second-order valence-electron chi connectivity index (χ2n) is 5.18. The van der Waals surface area contributed by atoms with Crippen LogP contribution in [0.15, 0.2) is 36.5 Å². The number of amides is 1. The summed E-state index contributed by atoms with van der Waals surface area (Å²) in [6.45, 7) is 3.33. The van der Waals surface area contributed by atoms with Crippen molar-refractivity contribution in [3.8, 4) is 0 Å². The highest BCUT2D eigenvalue weighted by Gasteiger charge is 2.20. The number of nitrogens with zero attached hydrogens (tertiary/aromatic N) is 2. The van der Waals surface area contributed by atoms with Crippen molar-refractivity contribution in [3.63, 3.8) is 0 Å². The minimum absolute atomic E-state index is 0.153. The number of aliphatic carboxylic acids is 1. The monoisotopic (exact) mass is 286 g/mol. The molecule has 0 saturated carbocycles. The predicted molar refractivity (Wildman–Crippen MR) is 79.9 cm³/mol. The fraction of sp³-hybridized carbons (Fsp3) is 0.312. The van der Waals surface area contributed by atoms with E-state index < -0.39 is 5.97 Å². The van der Waals surface area contributed by atoms with Crippen molar-refractivity contribution in [1.82, 2.24) is 9.88 Å². The van der Waals surface area contributed by atoms with Gasteiger partial charge in [0.1, 0.15) is 6.54 Å². The number of hydrogen-bond donors (Lipinski definition) is 1. The first-order chi connectivity index (χ1) is 9.99. The number of hydrogen-bond acceptors (Lipinski definition) is 3. The van der Waals surface area contributed by atoms with Crippen LogP contribution in [-0.4, -0.2) is 39.5 Å². The van der Waals surface area contributed by atoms with Gasteiger partial charge in [-0.2, -0.15) is 0 Å². The molecule has 0 aliphatic rings. The van der Waals surface area contributed by atoms with Gasteiger partial charge in [-0.15, -0.1) is 0 Å². The minimum Gasteiger partial charge on any atom is -0.480 e. The Labute approximate surface area is 123 Å². The van der Waals surface area contributed by atoms with E-state index in [0.29, 0.717) is 0 Å². The summed E-state index contributed by atoms with van der Waals surface area (Å²) in [5, 5.41) is 9.88. The normalized spacial score (nSPS) is 10.8. The summed E-state index contributed by atoms with van der Waals surface area (Å²) in [7, 11) is 0. The average molecular weight is 286 g/mol. The molecular formula is C16H18N2O3. The van der Waals surface area contributed by atoms with Gasteiger partial charge in [0.05, 0.1) is 11.9 Å². The van der Waals surface area contributed by atoms with E-state index in [1.165, 1.54) is 4.90 Å². The maximum absolute atomic E-state index is 12.4. The fourth-order valence-electron chi connectivity index (χ4n) is 2.28. The lowest BCUT2D eigenvalue weighted by Crippen LogP contribution is -2.41. The number of para-hydroxylation sites is 1. The number of pyridine rings is 1. The van der Waals surface area contributed by atoms with Crippen molar-refractivity contribution in [2.75, 3.05) is 6.54 Å². The lowest BCUT2D eigenvalue weighted by molar-refractivity contribution is -0.145. The molecule has 0 atom stereocenters. The zero-order chi connectivity index (χ0) is 15.4. The molecule has 0 unspecified atom stereocenters. The number of fused-ring (bicyclic) bond motifs is 1. The number of carboxylic acids is 1. The molecule has 0 aliphatic heterocycles. The Morgan fingerprint density at radius 2 is 1.95 bits per heavy atom. The third kappa shape index (κ3) is 3.56. The number of aromatic nitrogens is 1. The highest BCUT2D eigenvalue weighted by Crippen LogP contribution is 2.17. The zero-order valence-corrected chi connectivity index (χ0v) is 12.1. The van der Waals surface area contributed by atoms with E-state index in [-0.39, 0.29) is 24.9 Å². The van der Waals surface area contributed by atoms with Gasteiger partial charge in [-0.25, -0.2) is 0 Å². The lowest BCUT2D eigenvalue weighted by atomic mass is 10.1. The van der Waals surface area contributed by atoms with Crippen LogP contribution in [0.1, 0.15) is 19.4 Å². The standard InChI is InChI=1S/C16H18N2O3/c1-11(2)18(10-15(20)21)14(19)9-13-6-3-5-12-7-4-8-17-16(12)13/h3-8,11H,9-10H2,1-2H3,(H,20,21). The minimum atomic E-state index is -1.01. The Hall–Kier alpha value is -2.43. The van der Waals surface area contributed by atoms with E-state index in [4.69, 9.17) is 5.11 Å². The van der Waals surface area contributed by atoms with E-state index in [9.17, 15) is 9.59 Å². The molecule has 1 heterocycles. The SMILES string of the molecule is CC(C)N(CC(=O)O)C(=O)Cc1cccc2cccnc12. The van der Waals surface area contributed by atoms with Crippen LogP contribution in [0.4, 0.5) is 0 Å². The Bertz CT molecular complexity index is 662. The molecule has 0 spiro atoms. The third-order valence-electron chi connectivity index (χ3n) is 3.31. The Kier molecular flexibility index (Phi) is 4.52. The van der Waals surface area contributed by atoms with Crippen LogP contribution in [0.3, 0.4) is 0 Å². The molecule has 1 aromatic heterocycles. The highest BCUT2D eigenvalue weighted by molar-refractivity contribution is 5.89. The van der Waals surface area contributed by atoms with Crippen molar-refractivity contribution < 1.29 is 14.7 Å². The van der Waals surface area contributed by atoms with E-state index in [0.717, 1.165) is 16.5 Å². The van der Waals surface area contributed by atoms with Gasteiger partial charge in [-0.1, -0.05) is 24.3 Å². The molecule has 1 N–H and O–H groups in total. The van der Waals surface area contributed by atoms with Crippen LogP contribution >= 0.6 is 0 Å². The molecular weight excluding hydrogens is 268 g/mol. The lowest BCUT2D eigenvalue weighted by Gasteiger charge is -2.25. The number of carbonyl (C=O) groups excluding carboxylic acids is 1. The van der Waals surface area contributed by atoms with Crippen molar-refractivity contribution in [1.29, 1.82) is 0 Å². The summed E-state index contributed by atoms with van der Waals surface area (Å²) < 4.78 is 0. The summed E-state index contributed by atoms with van der Waals surface area (Å²) in [6.07, 6.45) is 1.84. The maximum atomic E-state index is 12.4. The van der Waals surface area contributed by atoms with Crippen molar-refractivity contribution in [2.24, 2.45) is 0 Å². The maximum Gasteiger partial charge on any atom is 0.323 e. The topological polar surface area (TPSA) is 70.5 Å². The number of benzene rings is 1. The Morgan fingerprint density at radius 1 is 1.24 bits per heavy atom. The third-order valence-corrected chi connectivity index (χ3v) is 3.31. The molecule has 0 radical (unpaired) electrons. The molecule has 0 bridgehead atoms. The first kappa shape index (κ1) is 15.0. The van der Waals surface area contributed by atoms with Crippen LogP contribution in [0, 0.1) is 0 Å². The quantitative estimate of drug-likeness (QED) is 0.913. The van der Waals surface area contributed by atoms with E-state index in [1.54, 1.807) is 6.20 Å². The van der Waals surface area contributed by atoms with Crippen LogP contribution in [0.2, 0.25) is 0 Å². The number of carboxylic acid groups (broad SMARTS) is 1. The molecule has 2 aromatic rings. The molecule has 5 nitrogen and oxygen atoms in total. The van der Waals surface area contributed by atoms with Crippen molar-refractivity contribution in [2.45, 2.75) is 26.3 Å². The summed E-state index contributed by atoms with van der Waals surface area (Å²) in [4.78, 5) is 28.9. The van der Waals surface area contributed by atoms with Crippen LogP contribution in [0.25, 0.3) is 10.9 Å². The number of carbonyl (C=O) groups is 2. The molecule has 1 aromatic carbocycles. The van der Waals surface area contributed by atoms with Gasteiger partial charge in [0, 0.05) is 17.6 Å². The second kappa shape index (κ2) is 6.35. The van der Waals surface area contributed by atoms with Gasteiger partial charge >= 0.3 is 5.97 Å². The van der Waals surface area contributed by atoms with Gasteiger partial charge in [-0.05, 0) is 25.5 Å². The Morgan fingerprint density at radius 3 is 2.62 bits per heavy atom.